The SMILES string of the molecule is O=C(NC1CCC(Oc2nc(N3CCOCC3)cc3ncccc23)CC1)c1cncnc1C(F)(F)F. The molecule has 1 N–H and O–H groups in total. The van der Waals surface area contributed by atoms with E-state index in [9.17, 15) is 18.0 Å². The van der Waals surface area contributed by atoms with Crippen molar-refractivity contribution in [2.24, 2.45) is 0 Å². The fraction of sp³-hybridized carbons (Fsp3) is 0.458. The lowest BCUT2D eigenvalue weighted by molar-refractivity contribution is -0.141. The van der Waals surface area contributed by atoms with Crippen LogP contribution in [0.1, 0.15) is 41.7 Å². The van der Waals surface area contributed by atoms with Crippen molar-refractivity contribution in [3.05, 3.63) is 48.2 Å². The van der Waals surface area contributed by atoms with Gasteiger partial charge in [0, 0.05) is 37.6 Å². The Morgan fingerprint density at radius 3 is 2.67 bits per heavy atom. The molecule has 9 nitrogen and oxygen atoms in total. The van der Waals surface area contributed by atoms with Gasteiger partial charge in [-0.15, -0.1) is 0 Å². The molecule has 1 saturated carbocycles. The van der Waals surface area contributed by atoms with E-state index in [1.54, 1.807) is 6.20 Å². The third-order valence-corrected chi connectivity index (χ3v) is 6.40. The third kappa shape index (κ3) is 5.32. The molecule has 0 radical (unpaired) electrons. The van der Waals surface area contributed by atoms with Crippen molar-refractivity contribution in [3.8, 4) is 5.88 Å². The first-order valence-electron chi connectivity index (χ1n) is 11.8. The monoisotopic (exact) mass is 502 g/mol. The van der Waals surface area contributed by atoms with Gasteiger partial charge in [0.15, 0.2) is 5.69 Å². The summed E-state index contributed by atoms with van der Waals surface area (Å²) in [5, 5.41) is 3.51. The molecular formula is C24H25F3N6O3. The number of carbonyl (C=O) groups excluding carboxylic acids is 1. The molecule has 0 aromatic carbocycles. The predicted octanol–water partition coefficient (Wildman–Crippen LogP) is 3.40. The topological polar surface area (TPSA) is 102 Å². The number of nitrogens with zero attached hydrogens (tertiary/aromatic N) is 5. The van der Waals surface area contributed by atoms with Crippen molar-refractivity contribution in [1.29, 1.82) is 0 Å². The van der Waals surface area contributed by atoms with Gasteiger partial charge in [-0.3, -0.25) is 9.78 Å². The number of fused-ring (bicyclic) bond motifs is 1. The molecule has 0 spiro atoms. The second kappa shape index (κ2) is 10.2. The Morgan fingerprint density at radius 2 is 1.92 bits per heavy atom. The molecule has 1 amide bonds. The van der Waals surface area contributed by atoms with Gasteiger partial charge in [0.25, 0.3) is 5.91 Å². The third-order valence-electron chi connectivity index (χ3n) is 6.40. The number of carbonyl (C=O) groups is 1. The molecule has 12 heteroatoms. The molecule has 0 unspecified atom stereocenters. The van der Waals surface area contributed by atoms with Gasteiger partial charge in [-0.1, -0.05) is 0 Å². The lowest BCUT2D eigenvalue weighted by Crippen LogP contribution is -2.40. The largest absolute Gasteiger partial charge is 0.474 e. The summed E-state index contributed by atoms with van der Waals surface area (Å²) in [7, 11) is 0. The Morgan fingerprint density at radius 1 is 1.14 bits per heavy atom. The van der Waals surface area contributed by atoms with Gasteiger partial charge >= 0.3 is 6.18 Å². The van der Waals surface area contributed by atoms with Crippen molar-refractivity contribution in [2.75, 3.05) is 31.2 Å². The first kappa shape index (κ1) is 24.2. The maximum atomic E-state index is 13.2. The molecule has 2 aliphatic rings. The number of nitrogens with one attached hydrogen (secondary N) is 1. The number of rotatable bonds is 5. The number of pyridine rings is 2. The van der Waals surface area contributed by atoms with Crippen molar-refractivity contribution in [1.82, 2.24) is 25.3 Å². The van der Waals surface area contributed by atoms with E-state index in [4.69, 9.17) is 14.5 Å². The van der Waals surface area contributed by atoms with Crippen molar-refractivity contribution in [2.45, 2.75) is 44.0 Å². The average Bonchev–Trinajstić information content (AvgIpc) is 2.90. The molecule has 190 valence electrons. The summed E-state index contributed by atoms with van der Waals surface area (Å²) in [6.07, 6.45) is 0.888. The van der Waals surface area contributed by atoms with Gasteiger partial charge in [0.05, 0.1) is 29.7 Å². The number of hydrogen-bond acceptors (Lipinski definition) is 8. The fourth-order valence-electron chi connectivity index (χ4n) is 4.54. The van der Waals surface area contributed by atoms with E-state index in [0.29, 0.717) is 44.8 Å². The first-order chi connectivity index (χ1) is 17.4. The van der Waals surface area contributed by atoms with Crippen LogP contribution in [0.15, 0.2) is 36.9 Å². The molecular weight excluding hydrogens is 477 g/mol. The van der Waals surface area contributed by atoms with Gasteiger partial charge in [-0.2, -0.15) is 18.2 Å². The van der Waals surface area contributed by atoms with E-state index < -0.39 is 23.3 Å². The molecule has 5 rings (SSSR count). The highest BCUT2D eigenvalue weighted by atomic mass is 19.4. The minimum absolute atomic E-state index is 0.139. The Labute approximate surface area is 205 Å². The number of morpholine rings is 1. The minimum Gasteiger partial charge on any atom is -0.474 e. The molecule has 36 heavy (non-hydrogen) atoms. The molecule has 3 aromatic heterocycles. The number of alkyl halides is 3. The molecule has 0 atom stereocenters. The second-order valence-corrected chi connectivity index (χ2v) is 8.80. The zero-order valence-corrected chi connectivity index (χ0v) is 19.4. The Balaban J connectivity index is 1.25. The highest BCUT2D eigenvalue weighted by Gasteiger charge is 2.38. The van der Waals surface area contributed by atoms with Crippen LogP contribution in [0.3, 0.4) is 0 Å². The van der Waals surface area contributed by atoms with Crippen LogP contribution in [0.5, 0.6) is 5.88 Å². The summed E-state index contributed by atoms with van der Waals surface area (Å²) in [5.41, 5.74) is -1.03. The molecule has 1 aliphatic carbocycles. The highest BCUT2D eigenvalue weighted by molar-refractivity contribution is 5.95. The van der Waals surface area contributed by atoms with E-state index in [1.807, 2.05) is 18.2 Å². The summed E-state index contributed by atoms with van der Waals surface area (Å²) >= 11 is 0. The standard InChI is InChI=1S/C24H25F3N6O3/c25-24(26,27)21-18(13-28-14-30-21)22(34)31-15-3-5-16(6-4-15)36-23-17-2-1-7-29-19(17)12-20(32-23)33-8-10-35-11-9-33/h1-2,7,12-16H,3-6,8-11H2,(H,31,34). The Kier molecular flexibility index (Phi) is 6.86. The van der Waals surface area contributed by atoms with Crippen LogP contribution in [0, 0.1) is 0 Å². The van der Waals surface area contributed by atoms with Crippen molar-refractivity contribution >= 4 is 22.6 Å². The summed E-state index contributed by atoms with van der Waals surface area (Å²) < 4.78 is 51.3. The lowest BCUT2D eigenvalue weighted by Gasteiger charge is -2.31. The maximum Gasteiger partial charge on any atom is 0.434 e. The maximum absolute atomic E-state index is 13.2. The van der Waals surface area contributed by atoms with Gasteiger partial charge in [-0.25, -0.2) is 9.97 Å². The number of hydrogen-bond donors (Lipinski definition) is 1. The van der Waals surface area contributed by atoms with Crippen LogP contribution in [0.2, 0.25) is 0 Å². The smallest absolute Gasteiger partial charge is 0.434 e. The van der Waals surface area contributed by atoms with E-state index in [1.165, 1.54) is 0 Å². The number of ether oxygens (including phenoxy) is 2. The summed E-state index contributed by atoms with van der Waals surface area (Å²) in [4.78, 5) is 30.8. The van der Waals surface area contributed by atoms with Gasteiger partial charge < -0.3 is 19.7 Å². The predicted molar refractivity (Wildman–Crippen MR) is 124 cm³/mol. The van der Waals surface area contributed by atoms with E-state index in [0.717, 1.165) is 42.3 Å². The Hall–Kier alpha value is -3.54. The lowest BCUT2D eigenvalue weighted by atomic mass is 9.92. The number of amides is 1. The zero-order chi connectivity index (χ0) is 25.1. The summed E-state index contributed by atoms with van der Waals surface area (Å²) in [6, 6.07) is 5.42. The summed E-state index contributed by atoms with van der Waals surface area (Å²) in [5.74, 6) is 0.459. The van der Waals surface area contributed by atoms with Gasteiger partial charge in [0.2, 0.25) is 5.88 Å². The van der Waals surface area contributed by atoms with Crippen LogP contribution in [0.25, 0.3) is 10.9 Å². The first-order valence-corrected chi connectivity index (χ1v) is 11.8. The summed E-state index contributed by atoms with van der Waals surface area (Å²) in [6.45, 7) is 2.73. The quantitative estimate of drug-likeness (QED) is 0.567. The fourth-order valence-corrected chi connectivity index (χ4v) is 4.54. The van der Waals surface area contributed by atoms with Crippen molar-refractivity contribution < 1.29 is 27.4 Å². The minimum atomic E-state index is -4.73. The van der Waals surface area contributed by atoms with Gasteiger partial charge in [-0.05, 0) is 37.8 Å². The van der Waals surface area contributed by atoms with Crippen LogP contribution in [-0.4, -0.2) is 64.3 Å². The van der Waals surface area contributed by atoms with Crippen LogP contribution < -0.4 is 15.0 Å². The highest BCUT2D eigenvalue weighted by Crippen LogP contribution is 2.32. The van der Waals surface area contributed by atoms with E-state index in [-0.39, 0.29) is 12.1 Å². The van der Waals surface area contributed by atoms with Crippen LogP contribution in [0.4, 0.5) is 19.0 Å². The normalized spacial score (nSPS) is 20.8. The molecule has 2 fully saturated rings. The molecule has 1 aliphatic heterocycles. The zero-order valence-electron chi connectivity index (χ0n) is 19.4. The number of anilines is 1. The number of halogens is 3. The van der Waals surface area contributed by atoms with Crippen LogP contribution in [-0.2, 0) is 10.9 Å². The second-order valence-electron chi connectivity index (χ2n) is 8.80. The van der Waals surface area contributed by atoms with E-state index >= 15 is 0 Å². The van der Waals surface area contributed by atoms with Crippen molar-refractivity contribution in [3.63, 3.8) is 0 Å². The van der Waals surface area contributed by atoms with E-state index in [2.05, 4.69) is 25.2 Å². The van der Waals surface area contributed by atoms with Gasteiger partial charge in [0.1, 0.15) is 18.2 Å². The average molecular weight is 502 g/mol. The Bertz CT molecular complexity index is 1230. The molecule has 1 saturated heterocycles. The molecule has 0 bridgehead atoms. The molecule has 4 heterocycles. The molecule has 3 aromatic rings. The van der Waals surface area contributed by atoms with Crippen LogP contribution >= 0.6 is 0 Å². The number of aromatic nitrogens is 4.